The molecule has 2 aromatic carbocycles. The standard InChI is InChI=1S/C19H19BrN4O3/c1-26-18-5-2-13(12-21)10-17(18)23-19(25)22-16-4-3-14(11-15(16)20)24-6-8-27-9-7-24/h2-5,10-11H,6-9H2,1H3,(H2,22,23,25). The first-order valence-corrected chi connectivity index (χ1v) is 9.18. The van der Waals surface area contributed by atoms with Crippen LogP contribution in [0, 0.1) is 11.3 Å². The molecular formula is C19H19BrN4O3. The van der Waals surface area contributed by atoms with Crippen LogP contribution in [-0.2, 0) is 4.74 Å². The molecule has 0 radical (unpaired) electrons. The normalized spacial score (nSPS) is 13.6. The van der Waals surface area contributed by atoms with Gasteiger partial charge in [-0.15, -0.1) is 0 Å². The van der Waals surface area contributed by atoms with Crippen LogP contribution in [0.4, 0.5) is 21.9 Å². The zero-order valence-electron chi connectivity index (χ0n) is 14.8. The monoisotopic (exact) mass is 430 g/mol. The molecule has 27 heavy (non-hydrogen) atoms. The summed E-state index contributed by atoms with van der Waals surface area (Å²) in [6, 6.07) is 12.2. The van der Waals surface area contributed by atoms with Crippen LogP contribution >= 0.6 is 15.9 Å². The van der Waals surface area contributed by atoms with Crippen molar-refractivity contribution in [2.24, 2.45) is 0 Å². The van der Waals surface area contributed by atoms with E-state index in [0.717, 1.165) is 23.2 Å². The lowest BCUT2D eigenvalue weighted by molar-refractivity contribution is 0.122. The Morgan fingerprint density at radius 3 is 2.59 bits per heavy atom. The van der Waals surface area contributed by atoms with Gasteiger partial charge < -0.3 is 25.0 Å². The molecule has 0 aromatic heterocycles. The molecule has 0 bridgehead atoms. The molecule has 0 atom stereocenters. The van der Waals surface area contributed by atoms with Crippen molar-refractivity contribution < 1.29 is 14.3 Å². The van der Waals surface area contributed by atoms with Gasteiger partial charge in [0.15, 0.2) is 0 Å². The Balaban J connectivity index is 1.70. The Bertz CT molecular complexity index is 876. The lowest BCUT2D eigenvalue weighted by Gasteiger charge is -2.29. The van der Waals surface area contributed by atoms with Gasteiger partial charge in [-0.2, -0.15) is 5.26 Å². The number of morpholine rings is 1. The molecule has 0 aliphatic carbocycles. The summed E-state index contributed by atoms with van der Waals surface area (Å²) in [6.45, 7) is 3.11. The molecule has 2 amide bonds. The van der Waals surface area contributed by atoms with Gasteiger partial charge in [0.25, 0.3) is 0 Å². The molecule has 7 nitrogen and oxygen atoms in total. The SMILES string of the molecule is COc1ccc(C#N)cc1NC(=O)Nc1ccc(N2CCOCC2)cc1Br. The van der Waals surface area contributed by atoms with E-state index < -0.39 is 6.03 Å². The summed E-state index contributed by atoms with van der Waals surface area (Å²) in [6.07, 6.45) is 0. The molecule has 0 spiro atoms. The third-order valence-electron chi connectivity index (χ3n) is 4.15. The van der Waals surface area contributed by atoms with E-state index >= 15 is 0 Å². The highest BCUT2D eigenvalue weighted by Gasteiger charge is 2.14. The second-order valence-electron chi connectivity index (χ2n) is 5.87. The van der Waals surface area contributed by atoms with Crippen LogP contribution < -0.4 is 20.3 Å². The fourth-order valence-corrected chi connectivity index (χ4v) is 3.24. The molecule has 140 valence electrons. The largest absolute Gasteiger partial charge is 0.495 e. The Labute approximate surface area is 166 Å². The lowest BCUT2D eigenvalue weighted by Crippen LogP contribution is -2.36. The average molecular weight is 431 g/mol. The summed E-state index contributed by atoms with van der Waals surface area (Å²) in [5.74, 6) is 0.478. The maximum Gasteiger partial charge on any atom is 0.323 e. The first-order valence-electron chi connectivity index (χ1n) is 8.39. The van der Waals surface area contributed by atoms with Crippen LogP contribution in [0.5, 0.6) is 5.75 Å². The Kier molecular flexibility index (Phi) is 6.16. The fraction of sp³-hybridized carbons (Fsp3) is 0.263. The number of nitrogens with zero attached hydrogens (tertiary/aromatic N) is 2. The number of rotatable bonds is 4. The van der Waals surface area contributed by atoms with Gasteiger partial charge in [-0.05, 0) is 52.3 Å². The van der Waals surface area contributed by atoms with Crippen molar-refractivity contribution in [3.63, 3.8) is 0 Å². The van der Waals surface area contributed by atoms with E-state index in [1.807, 2.05) is 24.3 Å². The highest BCUT2D eigenvalue weighted by Crippen LogP contribution is 2.29. The summed E-state index contributed by atoms with van der Waals surface area (Å²) < 4.78 is 11.4. The van der Waals surface area contributed by atoms with E-state index in [9.17, 15) is 4.79 Å². The molecule has 0 saturated carbocycles. The Hall–Kier alpha value is -2.76. The highest BCUT2D eigenvalue weighted by molar-refractivity contribution is 9.10. The van der Waals surface area contributed by atoms with E-state index in [1.54, 1.807) is 18.2 Å². The zero-order chi connectivity index (χ0) is 19.2. The van der Waals surface area contributed by atoms with Crippen LogP contribution in [0.1, 0.15) is 5.56 Å². The maximum absolute atomic E-state index is 12.4. The van der Waals surface area contributed by atoms with Crippen molar-refractivity contribution in [1.82, 2.24) is 0 Å². The number of carbonyl (C=O) groups excluding carboxylic acids is 1. The summed E-state index contributed by atoms with van der Waals surface area (Å²) in [4.78, 5) is 14.6. The highest BCUT2D eigenvalue weighted by atomic mass is 79.9. The van der Waals surface area contributed by atoms with E-state index in [1.165, 1.54) is 7.11 Å². The number of methoxy groups -OCH3 is 1. The minimum absolute atomic E-state index is 0.426. The van der Waals surface area contributed by atoms with Crippen LogP contribution in [0.3, 0.4) is 0 Å². The average Bonchev–Trinajstić information content (AvgIpc) is 2.70. The molecular weight excluding hydrogens is 412 g/mol. The summed E-state index contributed by atoms with van der Waals surface area (Å²) in [5.41, 5.74) is 2.57. The molecule has 2 aromatic rings. The quantitative estimate of drug-likeness (QED) is 0.769. The van der Waals surface area contributed by atoms with Gasteiger partial charge in [-0.3, -0.25) is 0 Å². The fourth-order valence-electron chi connectivity index (χ4n) is 2.77. The number of nitriles is 1. The van der Waals surface area contributed by atoms with Gasteiger partial charge in [0.05, 0.1) is 43.3 Å². The molecule has 0 unspecified atom stereocenters. The van der Waals surface area contributed by atoms with Gasteiger partial charge in [0.1, 0.15) is 5.75 Å². The van der Waals surface area contributed by atoms with Gasteiger partial charge >= 0.3 is 6.03 Å². The minimum atomic E-state index is -0.428. The third kappa shape index (κ3) is 4.70. The Morgan fingerprint density at radius 2 is 1.93 bits per heavy atom. The summed E-state index contributed by atoms with van der Waals surface area (Å²) >= 11 is 3.51. The minimum Gasteiger partial charge on any atom is -0.495 e. The van der Waals surface area contributed by atoms with E-state index in [4.69, 9.17) is 14.7 Å². The van der Waals surface area contributed by atoms with Gasteiger partial charge in [-0.1, -0.05) is 0 Å². The summed E-state index contributed by atoms with van der Waals surface area (Å²) in [7, 11) is 1.51. The number of carbonyl (C=O) groups is 1. The van der Waals surface area contributed by atoms with Crippen LogP contribution in [-0.4, -0.2) is 39.4 Å². The smallest absolute Gasteiger partial charge is 0.323 e. The van der Waals surface area contributed by atoms with Gasteiger partial charge in [0.2, 0.25) is 0 Å². The molecule has 1 aliphatic rings. The van der Waals surface area contributed by atoms with Crippen molar-refractivity contribution in [2.45, 2.75) is 0 Å². The number of benzene rings is 2. The number of hydrogen-bond acceptors (Lipinski definition) is 5. The predicted octanol–water partition coefficient (Wildman–Crippen LogP) is 3.81. The number of halogens is 1. The topological polar surface area (TPSA) is 86.6 Å². The van der Waals surface area contributed by atoms with E-state index in [-0.39, 0.29) is 0 Å². The maximum atomic E-state index is 12.4. The number of nitrogens with one attached hydrogen (secondary N) is 2. The second kappa shape index (κ2) is 8.75. The number of urea groups is 1. The number of hydrogen-bond donors (Lipinski definition) is 2. The van der Waals surface area contributed by atoms with Crippen LogP contribution in [0.15, 0.2) is 40.9 Å². The van der Waals surface area contributed by atoms with E-state index in [2.05, 4.69) is 31.5 Å². The van der Waals surface area contributed by atoms with Crippen molar-refractivity contribution in [3.8, 4) is 11.8 Å². The second-order valence-corrected chi connectivity index (χ2v) is 6.72. The molecule has 3 rings (SSSR count). The molecule has 1 heterocycles. The molecule has 1 fully saturated rings. The lowest BCUT2D eigenvalue weighted by atomic mass is 10.2. The molecule has 1 saturated heterocycles. The zero-order valence-corrected chi connectivity index (χ0v) is 16.4. The Morgan fingerprint density at radius 1 is 1.19 bits per heavy atom. The van der Waals surface area contributed by atoms with E-state index in [0.29, 0.717) is 35.9 Å². The van der Waals surface area contributed by atoms with Crippen molar-refractivity contribution in [3.05, 3.63) is 46.4 Å². The number of ether oxygens (including phenoxy) is 2. The van der Waals surface area contributed by atoms with Crippen molar-refractivity contribution in [1.29, 1.82) is 5.26 Å². The first-order chi connectivity index (χ1) is 13.1. The number of anilines is 3. The predicted molar refractivity (Wildman–Crippen MR) is 108 cm³/mol. The van der Waals surface area contributed by atoms with Crippen molar-refractivity contribution in [2.75, 3.05) is 48.9 Å². The van der Waals surface area contributed by atoms with Crippen LogP contribution in [0.2, 0.25) is 0 Å². The summed E-state index contributed by atoms with van der Waals surface area (Å²) in [5, 5.41) is 14.5. The van der Waals surface area contributed by atoms with Gasteiger partial charge in [-0.25, -0.2) is 4.79 Å². The number of amides is 2. The van der Waals surface area contributed by atoms with Crippen molar-refractivity contribution >= 4 is 39.0 Å². The van der Waals surface area contributed by atoms with Gasteiger partial charge in [0, 0.05) is 23.2 Å². The molecule has 8 heteroatoms. The third-order valence-corrected chi connectivity index (χ3v) is 4.81. The first kappa shape index (κ1) is 19.0. The van der Waals surface area contributed by atoms with Crippen LogP contribution in [0.25, 0.3) is 0 Å². The molecule has 2 N–H and O–H groups in total. The molecule has 1 aliphatic heterocycles.